The first-order valence-corrected chi connectivity index (χ1v) is 7.89. The van der Waals surface area contributed by atoms with Gasteiger partial charge in [0, 0.05) is 25.8 Å². The molecule has 1 aromatic heterocycles. The largest absolute Gasteiger partial charge is 0.378 e. The molecule has 0 aliphatic heterocycles. The predicted molar refractivity (Wildman–Crippen MR) is 90.7 cm³/mol. The number of carbonyl (C=O) groups is 1. The number of hydrogen-bond acceptors (Lipinski definition) is 5. The summed E-state index contributed by atoms with van der Waals surface area (Å²) in [7, 11) is 4.03. The van der Waals surface area contributed by atoms with Crippen molar-refractivity contribution >= 4 is 28.2 Å². The molecular formula is C15H21N5OS. The van der Waals surface area contributed by atoms with Gasteiger partial charge < -0.3 is 10.2 Å². The number of aromatic nitrogens is 2. The Morgan fingerprint density at radius 2 is 1.95 bits per heavy atom. The zero-order valence-electron chi connectivity index (χ0n) is 13.3. The van der Waals surface area contributed by atoms with Crippen molar-refractivity contribution < 1.29 is 4.79 Å². The van der Waals surface area contributed by atoms with Gasteiger partial charge in [-0.15, -0.1) is 10.2 Å². The van der Waals surface area contributed by atoms with Crippen molar-refractivity contribution in [1.29, 1.82) is 0 Å². The molecule has 1 atom stereocenters. The van der Waals surface area contributed by atoms with Gasteiger partial charge in [-0.05, 0) is 38.0 Å². The van der Waals surface area contributed by atoms with Gasteiger partial charge in [0.05, 0.1) is 0 Å². The minimum Gasteiger partial charge on any atom is -0.378 e. The van der Waals surface area contributed by atoms with Gasteiger partial charge in [-0.1, -0.05) is 23.5 Å². The van der Waals surface area contributed by atoms with Crippen LogP contribution >= 0.6 is 11.3 Å². The summed E-state index contributed by atoms with van der Waals surface area (Å²) in [6.07, 6.45) is 0.774. The second kappa shape index (κ2) is 7.22. The number of rotatable bonds is 5. The molecule has 0 aliphatic carbocycles. The van der Waals surface area contributed by atoms with Crippen LogP contribution in [0.5, 0.6) is 0 Å². The van der Waals surface area contributed by atoms with Crippen molar-refractivity contribution in [3.05, 3.63) is 34.8 Å². The molecule has 2 rings (SSSR count). The van der Waals surface area contributed by atoms with Crippen LogP contribution in [0.25, 0.3) is 0 Å². The van der Waals surface area contributed by atoms with Crippen LogP contribution in [0.1, 0.15) is 17.5 Å². The maximum Gasteiger partial charge on any atom is 0.321 e. The fourth-order valence-corrected chi connectivity index (χ4v) is 2.63. The minimum atomic E-state index is -0.256. The van der Waals surface area contributed by atoms with Gasteiger partial charge in [-0.25, -0.2) is 4.79 Å². The Morgan fingerprint density at radius 1 is 1.27 bits per heavy atom. The third-order valence-electron chi connectivity index (χ3n) is 3.12. The zero-order valence-corrected chi connectivity index (χ0v) is 14.1. The van der Waals surface area contributed by atoms with Gasteiger partial charge in [0.1, 0.15) is 5.01 Å². The Kier molecular flexibility index (Phi) is 5.32. The van der Waals surface area contributed by atoms with Crippen LogP contribution in [0.15, 0.2) is 24.3 Å². The molecular weight excluding hydrogens is 298 g/mol. The molecule has 0 spiro atoms. The van der Waals surface area contributed by atoms with E-state index in [0.29, 0.717) is 5.13 Å². The number of aryl methyl sites for hydroxylation is 1. The number of benzene rings is 1. The number of carbonyl (C=O) groups excluding carboxylic acids is 1. The second-order valence-corrected chi connectivity index (χ2v) is 6.57. The van der Waals surface area contributed by atoms with Gasteiger partial charge in [0.25, 0.3) is 0 Å². The number of anilines is 2. The van der Waals surface area contributed by atoms with Crippen molar-refractivity contribution in [3.63, 3.8) is 0 Å². The van der Waals surface area contributed by atoms with Crippen molar-refractivity contribution in [2.24, 2.45) is 0 Å². The highest BCUT2D eigenvalue weighted by atomic mass is 32.1. The number of urea groups is 1. The lowest BCUT2D eigenvalue weighted by Gasteiger charge is -2.16. The van der Waals surface area contributed by atoms with E-state index in [1.165, 1.54) is 16.9 Å². The molecule has 1 unspecified atom stereocenters. The minimum absolute atomic E-state index is 0.0271. The Labute approximate surface area is 134 Å². The van der Waals surface area contributed by atoms with Crippen LogP contribution in [0.3, 0.4) is 0 Å². The van der Waals surface area contributed by atoms with E-state index < -0.39 is 0 Å². The molecule has 22 heavy (non-hydrogen) atoms. The van der Waals surface area contributed by atoms with Gasteiger partial charge in [-0.2, -0.15) is 0 Å². The lowest BCUT2D eigenvalue weighted by molar-refractivity contribution is 0.249. The fourth-order valence-electron chi connectivity index (χ4n) is 2.04. The van der Waals surface area contributed by atoms with Crippen molar-refractivity contribution in [2.45, 2.75) is 26.3 Å². The number of nitrogens with one attached hydrogen (secondary N) is 2. The molecule has 0 fully saturated rings. The molecule has 118 valence electrons. The van der Waals surface area contributed by atoms with Gasteiger partial charge in [0.15, 0.2) is 0 Å². The highest BCUT2D eigenvalue weighted by Gasteiger charge is 2.10. The van der Waals surface area contributed by atoms with E-state index in [9.17, 15) is 4.79 Å². The van der Waals surface area contributed by atoms with Crippen LogP contribution in [-0.2, 0) is 6.42 Å². The predicted octanol–water partition coefficient (Wildman–Crippen LogP) is 2.67. The van der Waals surface area contributed by atoms with E-state index >= 15 is 0 Å². The van der Waals surface area contributed by atoms with E-state index in [1.807, 2.05) is 27.9 Å². The number of nitrogens with zero attached hydrogens (tertiary/aromatic N) is 3. The lowest BCUT2D eigenvalue weighted by atomic mass is 10.1. The molecule has 0 bridgehead atoms. The van der Waals surface area contributed by atoms with Crippen LogP contribution in [0.2, 0.25) is 0 Å². The molecule has 2 N–H and O–H groups in total. The third-order valence-corrected chi connectivity index (χ3v) is 3.87. The normalized spacial score (nSPS) is 11.8. The number of amides is 2. The van der Waals surface area contributed by atoms with Gasteiger partial charge in [-0.3, -0.25) is 5.32 Å². The molecule has 2 amide bonds. The molecule has 1 aromatic carbocycles. The Hall–Kier alpha value is -2.15. The third kappa shape index (κ3) is 4.70. The summed E-state index contributed by atoms with van der Waals surface area (Å²) in [4.78, 5) is 13.9. The summed E-state index contributed by atoms with van der Waals surface area (Å²) in [6.45, 7) is 3.82. The summed E-state index contributed by atoms with van der Waals surface area (Å²) >= 11 is 1.35. The smallest absolute Gasteiger partial charge is 0.321 e. The average Bonchev–Trinajstić information content (AvgIpc) is 2.84. The topological polar surface area (TPSA) is 70.1 Å². The summed E-state index contributed by atoms with van der Waals surface area (Å²) in [5, 5.41) is 14.7. The van der Waals surface area contributed by atoms with Crippen molar-refractivity contribution in [2.75, 3.05) is 24.3 Å². The Balaban J connectivity index is 1.84. The van der Waals surface area contributed by atoms with E-state index in [-0.39, 0.29) is 12.1 Å². The van der Waals surface area contributed by atoms with Gasteiger partial charge >= 0.3 is 6.03 Å². The average molecular weight is 319 g/mol. The van der Waals surface area contributed by atoms with E-state index in [4.69, 9.17) is 0 Å². The summed E-state index contributed by atoms with van der Waals surface area (Å²) in [5.41, 5.74) is 2.35. The van der Waals surface area contributed by atoms with Gasteiger partial charge in [0.2, 0.25) is 5.13 Å². The van der Waals surface area contributed by atoms with Crippen LogP contribution < -0.4 is 15.5 Å². The summed E-state index contributed by atoms with van der Waals surface area (Å²) in [6, 6.07) is 8.09. The number of hydrogen-bond donors (Lipinski definition) is 2. The Morgan fingerprint density at radius 3 is 2.50 bits per heavy atom. The van der Waals surface area contributed by atoms with E-state index in [0.717, 1.165) is 17.1 Å². The van der Waals surface area contributed by atoms with Crippen LogP contribution in [0.4, 0.5) is 15.6 Å². The first kappa shape index (κ1) is 16.2. The molecule has 0 aliphatic rings. The first-order chi connectivity index (χ1) is 10.4. The molecule has 1 heterocycles. The van der Waals surface area contributed by atoms with Crippen molar-refractivity contribution in [1.82, 2.24) is 15.5 Å². The summed E-state index contributed by atoms with van der Waals surface area (Å²) in [5.74, 6) is 0. The standard InChI is InChI=1S/C15H21N5OS/c1-10(9-12-5-7-13(8-6-12)20(3)4)16-14(21)17-15-19-18-11(2)22-15/h5-8,10H,9H2,1-4H3,(H2,16,17,19,21). The van der Waals surface area contributed by atoms with Crippen LogP contribution in [0, 0.1) is 6.92 Å². The molecule has 0 saturated heterocycles. The monoisotopic (exact) mass is 319 g/mol. The van der Waals surface area contributed by atoms with E-state index in [1.54, 1.807) is 0 Å². The molecule has 0 saturated carbocycles. The molecule has 7 heteroatoms. The highest BCUT2D eigenvalue weighted by Crippen LogP contribution is 2.14. The maximum atomic E-state index is 11.9. The SMILES string of the molecule is Cc1nnc(NC(=O)NC(C)Cc2ccc(N(C)C)cc2)s1. The Bertz CT molecular complexity index is 623. The van der Waals surface area contributed by atoms with Crippen LogP contribution in [-0.4, -0.2) is 36.4 Å². The highest BCUT2D eigenvalue weighted by molar-refractivity contribution is 7.15. The molecule has 2 aromatic rings. The lowest BCUT2D eigenvalue weighted by Crippen LogP contribution is -2.37. The molecule has 6 nitrogen and oxygen atoms in total. The van der Waals surface area contributed by atoms with Crippen molar-refractivity contribution in [3.8, 4) is 0 Å². The zero-order chi connectivity index (χ0) is 16.1. The quantitative estimate of drug-likeness (QED) is 0.889. The van der Waals surface area contributed by atoms with E-state index in [2.05, 4.69) is 50.0 Å². The summed E-state index contributed by atoms with van der Waals surface area (Å²) < 4.78 is 0. The maximum absolute atomic E-state index is 11.9. The molecule has 0 radical (unpaired) electrons. The fraction of sp³-hybridized carbons (Fsp3) is 0.400. The first-order valence-electron chi connectivity index (χ1n) is 7.08. The second-order valence-electron chi connectivity index (χ2n) is 5.39.